The lowest BCUT2D eigenvalue weighted by molar-refractivity contribution is 0.340. The molecule has 0 aliphatic rings. The van der Waals surface area contributed by atoms with Gasteiger partial charge in [0.15, 0.2) is 5.82 Å². The fourth-order valence-electron chi connectivity index (χ4n) is 2.44. The van der Waals surface area contributed by atoms with Crippen LogP contribution in [0, 0.1) is 0 Å². The molecule has 2 heterocycles. The molecule has 4 rings (SSSR count). The monoisotopic (exact) mass is 390 g/mol. The fraction of sp³-hybridized carbons (Fsp3) is 0.118. The van der Waals surface area contributed by atoms with Crippen molar-refractivity contribution >= 4 is 39.5 Å². The fourth-order valence-corrected chi connectivity index (χ4v) is 3.87. The second kappa shape index (κ2) is 6.63. The first-order chi connectivity index (χ1) is 12.2. The summed E-state index contributed by atoms with van der Waals surface area (Å²) < 4.78 is 7.19. The maximum Gasteiger partial charge on any atom is 0.235 e. The van der Waals surface area contributed by atoms with Gasteiger partial charge in [-0.1, -0.05) is 34.5 Å². The normalized spacial score (nSPS) is 11.2. The molecule has 8 heteroatoms. The maximum atomic E-state index is 6.29. The first-order valence-electron chi connectivity index (χ1n) is 7.56. The molecule has 0 amide bonds. The Morgan fingerprint density at radius 3 is 2.60 bits per heavy atom. The van der Waals surface area contributed by atoms with Crippen LogP contribution >= 0.6 is 34.5 Å². The lowest BCUT2D eigenvalue weighted by Gasteiger charge is -2.03. The van der Waals surface area contributed by atoms with Crippen molar-refractivity contribution in [2.24, 2.45) is 0 Å². The van der Waals surface area contributed by atoms with Gasteiger partial charge in [-0.3, -0.25) is 0 Å². The summed E-state index contributed by atoms with van der Waals surface area (Å²) in [6.07, 6.45) is 0. The van der Waals surface area contributed by atoms with E-state index in [0.29, 0.717) is 27.4 Å². The van der Waals surface area contributed by atoms with E-state index in [4.69, 9.17) is 27.9 Å². The number of fused-ring (bicyclic) bond motifs is 1. The summed E-state index contributed by atoms with van der Waals surface area (Å²) in [5, 5.41) is 15.0. The number of halogens is 2. The molecule has 0 aliphatic heterocycles. The first-order valence-corrected chi connectivity index (χ1v) is 9.14. The van der Waals surface area contributed by atoms with Crippen molar-refractivity contribution in [3.63, 3.8) is 0 Å². The molecule has 0 radical (unpaired) electrons. The van der Waals surface area contributed by atoms with E-state index in [1.807, 2.05) is 37.3 Å². The van der Waals surface area contributed by atoms with Gasteiger partial charge in [-0.25, -0.2) is 0 Å². The largest absolute Gasteiger partial charge is 0.494 e. The van der Waals surface area contributed by atoms with Crippen molar-refractivity contribution in [3.05, 3.63) is 52.5 Å². The molecule has 0 unspecified atom stereocenters. The van der Waals surface area contributed by atoms with Gasteiger partial charge in [0, 0.05) is 16.1 Å². The lowest BCUT2D eigenvalue weighted by atomic mass is 10.2. The Morgan fingerprint density at radius 1 is 1.08 bits per heavy atom. The average molecular weight is 391 g/mol. The van der Waals surface area contributed by atoms with E-state index in [1.54, 1.807) is 16.6 Å². The van der Waals surface area contributed by atoms with E-state index in [-0.39, 0.29) is 0 Å². The zero-order valence-corrected chi connectivity index (χ0v) is 15.4. The second-order valence-electron chi connectivity index (χ2n) is 5.21. The molecule has 0 saturated carbocycles. The molecule has 0 aliphatic carbocycles. The third kappa shape index (κ3) is 3.08. The van der Waals surface area contributed by atoms with Gasteiger partial charge in [0.25, 0.3) is 0 Å². The van der Waals surface area contributed by atoms with Crippen molar-refractivity contribution in [2.45, 2.75) is 6.92 Å². The Morgan fingerprint density at radius 2 is 1.88 bits per heavy atom. The molecule has 0 fully saturated rings. The third-order valence-corrected chi connectivity index (χ3v) is 5.06. The van der Waals surface area contributed by atoms with Crippen molar-refractivity contribution in [2.75, 3.05) is 6.61 Å². The molecule has 4 aromatic rings. The van der Waals surface area contributed by atoms with E-state index in [9.17, 15) is 0 Å². The van der Waals surface area contributed by atoms with Crippen molar-refractivity contribution in [1.29, 1.82) is 0 Å². The van der Waals surface area contributed by atoms with Crippen LogP contribution in [0.15, 0.2) is 42.5 Å². The molecule has 126 valence electrons. The van der Waals surface area contributed by atoms with E-state index >= 15 is 0 Å². The minimum Gasteiger partial charge on any atom is -0.494 e. The van der Waals surface area contributed by atoms with E-state index in [0.717, 1.165) is 21.9 Å². The smallest absolute Gasteiger partial charge is 0.235 e. The number of hydrogen-bond donors (Lipinski definition) is 0. The Labute approximate surface area is 157 Å². The SMILES string of the molecule is CCOc1ccc(-c2nnc3sc(-c4ccc(Cl)cc4Cl)nn23)cc1. The summed E-state index contributed by atoms with van der Waals surface area (Å²) in [5.41, 5.74) is 1.73. The van der Waals surface area contributed by atoms with Gasteiger partial charge in [-0.05, 0) is 49.4 Å². The summed E-state index contributed by atoms with van der Waals surface area (Å²) in [5.74, 6) is 1.49. The molecule has 2 aromatic heterocycles. The van der Waals surface area contributed by atoms with Crippen LogP contribution < -0.4 is 4.74 Å². The minimum atomic E-state index is 0.556. The van der Waals surface area contributed by atoms with Crippen LogP contribution in [-0.4, -0.2) is 26.4 Å². The summed E-state index contributed by atoms with van der Waals surface area (Å²) in [6.45, 7) is 2.58. The molecule has 25 heavy (non-hydrogen) atoms. The summed E-state index contributed by atoms with van der Waals surface area (Å²) in [7, 11) is 0. The highest BCUT2D eigenvalue weighted by Gasteiger charge is 2.16. The molecule has 0 N–H and O–H groups in total. The van der Waals surface area contributed by atoms with Crippen LogP contribution in [0.1, 0.15) is 6.92 Å². The van der Waals surface area contributed by atoms with Crippen LogP contribution in [0.4, 0.5) is 0 Å². The van der Waals surface area contributed by atoms with Gasteiger partial charge < -0.3 is 4.74 Å². The lowest BCUT2D eigenvalue weighted by Crippen LogP contribution is -1.93. The number of nitrogens with zero attached hydrogens (tertiary/aromatic N) is 4. The number of ether oxygens (including phenoxy) is 1. The maximum absolute atomic E-state index is 6.29. The topological polar surface area (TPSA) is 52.3 Å². The molecule has 0 saturated heterocycles. The van der Waals surface area contributed by atoms with Gasteiger partial charge in [0.1, 0.15) is 10.8 Å². The zero-order chi connectivity index (χ0) is 17.4. The Hall–Kier alpha value is -2.15. The standard InChI is InChI=1S/C17H12Cl2N4OS/c1-2-24-12-6-3-10(4-7-12)15-20-21-17-23(15)22-16(25-17)13-8-5-11(18)9-14(13)19/h3-9H,2H2,1H3. The van der Waals surface area contributed by atoms with Gasteiger partial charge >= 0.3 is 0 Å². The molecule has 0 spiro atoms. The van der Waals surface area contributed by atoms with Crippen molar-refractivity contribution in [1.82, 2.24) is 19.8 Å². The summed E-state index contributed by atoms with van der Waals surface area (Å²) in [4.78, 5) is 0.699. The van der Waals surface area contributed by atoms with Gasteiger partial charge in [0.2, 0.25) is 4.96 Å². The number of benzene rings is 2. The molecule has 2 aromatic carbocycles. The van der Waals surface area contributed by atoms with Crippen LogP contribution in [0.3, 0.4) is 0 Å². The molecule has 0 bridgehead atoms. The van der Waals surface area contributed by atoms with Crippen LogP contribution in [-0.2, 0) is 0 Å². The highest BCUT2D eigenvalue weighted by atomic mass is 35.5. The summed E-state index contributed by atoms with van der Waals surface area (Å²) >= 11 is 13.7. The summed E-state index contributed by atoms with van der Waals surface area (Å²) in [6, 6.07) is 13.0. The van der Waals surface area contributed by atoms with Gasteiger partial charge in [0.05, 0.1) is 11.6 Å². The molecular weight excluding hydrogens is 379 g/mol. The zero-order valence-electron chi connectivity index (χ0n) is 13.1. The van der Waals surface area contributed by atoms with Gasteiger partial charge in [-0.15, -0.1) is 10.2 Å². The van der Waals surface area contributed by atoms with Crippen LogP contribution in [0.2, 0.25) is 10.0 Å². The van der Waals surface area contributed by atoms with E-state index < -0.39 is 0 Å². The Kier molecular flexibility index (Phi) is 4.33. The van der Waals surface area contributed by atoms with Crippen molar-refractivity contribution < 1.29 is 4.74 Å². The molecule has 0 atom stereocenters. The quantitative estimate of drug-likeness (QED) is 0.478. The first kappa shape index (κ1) is 16.3. The average Bonchev–Trinajstić information content (AvgIpc) is 3.16. The highest BCUT2D eigenvalue weighted by Crippen LogP contribution is 2.34. The predicted molar refractivity (Wildman–Crippen MR) is 101 cm³/mol. The minimum absolute atomic E-state index is 0.556. The highest BCUT2D eigenvalue weighted by molar-refractivity contribution is 7.19. The molecular formula is C17H12Cl2N4OS. The predicted octanol–water partition coefficient (Wildman–Crippen LogP) is 5.23. The second-order valence-corrected chi connectivity index (χ2v) is 7.01. The van der Waals surface area contributed by atoms with Crippen LogP contribution in [0.5, 0.6) is 5.75 Å². The van der Waals surface area contributed by atoms with E-state index in [1.165, 1.54) is 11.3 Å². The number of aromatic nitrogens is 4. The third-order valence-electron chi connectivity index (χ3n) is 3.58. The molecule has 5 nitrogen and oxygen atoms in total. The number of hydrogen-bond acceptors (Lipinski definition) is 5. The van der Waals surface area contributed by atoms with E-state index in [2.05, 4.69) is 15.3 Å². The van der Waals surface area contributed by atoms with Crippen molar-refractivity contribution in [3.8, 4) is 27.7 Å². The Balaban J connectivity index is 1.75. The number of rotatable bonds is 4. The van der Waals surface area contributed by atoms with Gasteiger partial charge in [-0.2, -0.15) is 9.61 Å². The Bertz CT molecular complexity index is 1040. The van der Waals surface area contributed by atoms with Crippen LogP contribution in [0.25, 0.3) is 26.9 Å².